The predicted molar refractivity (Wildman–Crippen MR) is 75.4 cm³/mol. The zero-order chi connectivity index (χ0) is 15.5. The molecule has 0 aliphatic carbocycles. The molecule has 8 nitrogen and oxygen atoms in total. The van der Waals surface area contributed by atoms with E-state index in [1.165, 1.54) is 12.4 Å². The van der Waals surface area contributed by atoms with Gasteiger partial charge in [-0.25, -0.2) is 29.1 Å². The van der Waals surface area contributed by atoms with Gasteiger partial charge in [0.05, 0.1) is 24.8 Å². The van der Waals surface area contributed by atoms with Crippen molar-refractivity contribution in [3.8, 4) is 0 Å². The quantitative estimate of drug-likeness (QED) is 0.872. The van der Waals surface area contributed by atoms with Crippen molar-refractivity contribution in [2.45, 2.75) is 0 Å². The van der Waals surface area contributed by atoms with E-state index in [4.69, 9.17) is 5.11 Å². The van der Waals surface area contributed by atoms with Crippen molar-refractivity contribution in [2.75, 3.05) is 36.0 Å². The molecule has 0 saturated carbocycles. The molecule has 0 amide bonds. The van der Waals surface area contributed by atoms with Crippen LogP contribution in [0.5, 0.6) is 0 Å². The molecule has 1 fully saturated rings. The number of hydrogen-bond acceptors (Lipinski definition) is 7. The van der Waals surface area contributed by atoms with Gasteiger partial charge in [-0.1, -0.05) is 0 Å². The normalized spacial score (nSPS) is 15.0. The first-order valence-electron chi connectivity index (χ1n) is 6.66. The van der Waals surface area contributed by atoms with Crippen LogP contribution >= 0.6 is 0 Å². The van der Waals surface area contributed by atoms with Crippen molar-refractivity contribution in [1.29, 1.82) is 0 Å². The minimum absolute atomic E-state index is 0.0814. The van der Waals surface area contributed by atoms with E-state index in [2.05, 4.69) is 19.9 Å². The number of aromatic nitrogens is 4. The van der Waals surface area contributed by atoms with Gasteiger partial charge < -0.3 is 14.9 Å². The molecule has 0 spiro atoms. The summed E-state index contributed by atoms with van der Waals surface area (Å²) in [5.41, 5.74) is -0.0814. The Morgan fingerprint density at radius 3 is 2.14 bits per heavy atom. The lowest BCUT2D eigenvalue weighted by Gasteiger charge is -2.35. The van der Waals surface area contributed by atoms with E-state index in [0.29, 0.717) is 37.9 Å². The van der Waals surface area contributed by atoms with Gasteiger partial charge in [0, 0.05) is 26.2 Å². The van der Waals surface area contributed by atoms with Gasteiger partial charge in [0.15, 0.2) is 11.5 Å². The first-order chi connectivity index (χ1) is 10.6. The predicted octanol–water partition coefficient (Wildman–Crippen LogP) is 0.430. The Labute approximate surface area is 125 Å². The van der Waals surface area contributed by atoms with E-state index in [1.807, 2.05) is 9.80 Å². The monoisotopic (exact) mass is 304 g/mol. The Balaban J connectivity index is 1.63. The number of carbonyl (C=O) groups is 1. The SMILES string of the molecule is O=C(O)c1cnc(N2CCN(c3ncc(F)cn3)CC2)cn1. The molecule has 1 aliphatic heterocycles. The van der Waals surface area contributed by atoms with E-state index in [0.717, 1.165) is 12.4 Å². The molecule has 3 rings (SSSR count). The van der Waals surface area contributed by atoms with Gasteiger partial charge in [0.25, 0.3) is 0 Å². The van der Waals surface area contributed by atoms with Gasteiger partial charge in [-0.15, -0.1) is 0 Å². The minimum atomic E-state index is -1.10. The second kappa shape index (κ2) is 5.88. The number of rotatable bonds is 3. The zero-order valence-electron chi connectivity index (χ0n) is 11.6. The lowest BCUT2D eigenvalue weighted by atomic mass is 10.3. The first-order valence-corrected chi connectivity index (χ1v) is 6.66. The fraction of sp³-hybridized carbons (Fsp3) is 0.308. The second-order valence-electron chi connectivity index (χ2n) is 4.74. The van der Waals surface area contributed by atoms with Crippen LogP contribution in [-0.2, 0) is 0 Å². The standard InChI is InChI=1S/C13H13FN6O2/c14-9-5-17-13(18-6-9)20-3-1-19(2-4-20)11-8-15-10(7-16-11)12(21)22/h5-8H,1-4H2,(H,21,22). The topological polar surface area (TPSA) is 95.3 Å². The van der Waals surface area contributed by atoms with Gasteiger partial charge in [-0.2, -0.15) is 0 Å². The molecule has 114 valence electrons. The van der Waals surface area contributed by atoms with Crippen LogP contribution in [-0.4, -0.2) is 57.2 Å². The van der Waals surface area contributed by atoms with Gasteiger partial charge >= 0.3 is 5.97 Å². The maximum Gasteiger partial charge on any atom is 0.356 e. The molecule has 1 aliphatic rings. The highest BCUT2D eigenvalue weighted by Crippen LogP contribution is 2.15. The van der Waals surface area contributed by atoms with Gasteiger partial charge in [0.1, 0.15) is 5.82 Å². The average molecular weight is 304 g/mol. The Hall–Kier alpha value is -2.84. The molecular weight excluding hydrogens is 291 g/mol. The number of anilines is 2. The lowest BCUT2D eigenvalue weighted by molar-refractivity contribution is 0.0690. The first kappa shape index (κ1) is 14.1. The summed E-state index contributed by atoms with van der Waals surface area (Å²) < 4.78 is 12.8. The summed E-state index contributed by atoms with van der Waals surface area (Å²) in [5, 5.41) is 8.80. The van der Waals surface area contributed by atoms with Gasteiger partial charge in [0.2, 0.25) is 5.95 Å². The molecule has 1 N–H and O–H groups in total. The van der Waals surface area contributed by atoms with Crippen LogP contribution in [0.25, 0.3) is 0 Å². The zero-order valence-corrected chi connectivity index (χ0v) is 11.6. The summed E-state index contributed by atoms with van der Waals surface area (Å²) in [5.74, 6) is -0.438. The second-order valence-corrected chi connectivity index (χ2v) is 4.74. The summed E-state index contributed by atoms with van der Waals surface area (Å²) in [6.45, 7) is 2.66. The van der Waals surface area contributed by atoms with E-state index >= 15 is 0 Å². The molecule has 0 aromatic carbocycles. The molecule has 2 aromatic heterocycles. The third kappa shape index (κ3) is 2.92. The van der Waals surface area contributed by atoms with Crippen LogP contribution in [0.3, 0.4) is 0 Å². The lowest BCUT2D eigenvalue weighted by Crippen LogP contribution is -2.47. The van der Waals surface area contributed by atoms with Crippen molar-refractivity contribution in [3.05, 3.63) is 36.3 Å². The van der Waals surface area contributed by atoms with Crippen molar-refractivity contribution >= 4 is 17.7 Å². The maximum absolute atomic E-state index is 12.8. The summed E-state index contributed by atoms with van der Waals surface area (Å²) in [6, 6.07) is 0. The van der Waals surface area contributed by atoms with Crippen LogP contribution in [0.15, 0.2) is 24.8 Å². The number of carboxylic acids is 1. The Morgan fingerprint density at radius 2 is 1.59 bits per heavy atom. The number of halogens is 1. The summed E-state index contributed by atoms with van der Waals surface area (Å²) in [4.78, 5) is 30.6. The maximum atomic E-state index is 12.8. The highest BCUT2D eigenvalue weighted by atomic mass is 19.1. The fourth-order valence-corrected chi connectivity index (χ4v) is 2.20. The molecule has 22 heavy (non-hydrogen) atoms. The highest BCUT2D eigenvalue weighted by molar-refractivity contribution is 5.84. The molecule has 0 radical (unpaired) electrons. The van der Waals surface area contributed by atoms with Gasteiger partial charge in [-0.3, -0.25) is 0 Å². The number of nitrogens with zero attached hydrogens (tertiary/aromatic N) is 6. The van der Waals surface area contributed by atoms with Crippen molar-refractivity contribution < 1.29 is 14.3 Å². The van der Waals surface area contributed by atoms with E-state index < -0.39 is 11.8 Å². The number of aromatic carboxylic acids is 1. The van der Waals surface area contributed by atoms with Crippen molar-refractivity contribution in [3.63, 3.8) is 0 Å². The molecule has 1 saturated heterocycles. The van der Waals surface area contributed by atoms with Crippen molar-refractivity contribution in [2.24, 2.45) is 0 Å². The molecule has 0 unspecified atom stereocenters. The molecule has 9 heteroatoms. The Bertz CT molecular complexity index is 655. The summed E-state index contributed by atoms with van der Waals surface area (Å²) >= 11 is 0. The fourth-order valence-electron chi connectivity index (χ4n) is 2.20. The van der Waals surface area contributed by atoms with Crippen LogP contribution in [0, 0.1) is 5.82 Å². The average Bonchev–Trinajstić information content (AvgIpc) is 2.56. The third-order valence-electron chi connectivity index (χ3n) is 3.35. The smallest absolute Gasteiger partial charge is 0.356 e. The Morgan fingerprint density at radius 1 is 0.955 bits per heavy atom. The third-order valence-corrected chi connectivity index (χ3v) is 3.35. The van der Waals surface area contributed by atoms with Crippen molar-refractivity contribution in [1.82, 2.24) is 19.9 Å². The van der Waals surface area contributed by atoms with Crippen LogP contribution < -0.4 is 9.80 Å². The largest absolute Gasteiger partial charge is 0.476 e. The summed E-state index contributed by atoms with van der Waals surface area (Å²) in [6.07, 6.45) is 4.98. The van der Waals surface area contributed by atoms with Crippen LogP contribution in [0.4, 0.5) is 16.2 Å². The number of carboxylic acid groups (broad SMARTS) is 1. The number of hydrogen-bond donors (Lipinski definition) is 1. The van der Waals surface area contributed by atoms with E-state index in [9.17, 15) is 9.18 Å². The molecule has 0 atom stereocenters. The molecular formula is C13H13FN6O2. The van der Waals surface area contributed by atoms with Gasteiger partial charge in [-0.05, 0) is 0 Å². The molecule has 0 bridgehead atoms. The van der Waals surface area contributed by atoms with E-state index in [1.54, 1.807) is 0 Å². The van der Waals surface area contributed by atoms with Crippen LogP contribution in [0.1, 0.15) is 10.5 Å². The van der Waals surface area contributed by atoms with E-state index in [-0.39, 0.29) is 5.69 Å². The molecule has 3 heterocycles. The highest BCUT2D eigenvalue weighted by Gasteiger charge is 2.20. The minimum Gasteiger partial charge on any atom is -0.476 e. The number of piperazine rings is 1. The summed E-state index contributed by atoms with van der Waals surface area (Å²) in [7, 11) is 0. The molecule has 2 aromatic rings. The van der Waals surface area contributed by atoms with Crippen LogP contribution in [0.2, 0.25) is 0 Å². The Kier molecular flexibility index (Phi) is 3.77.